The molecule has 7 heteroatoms. The van der Waals surface area contributed by atoms with Gasteiger partial charge in [0.05, 0.1) is 13.2 Å². The van der Waals surface area contributed by atoms with Crippen LogP contribution in [0.5, 0.6) is 5.75 Å². The van der Waals surface area contributed by atoms with Crippen LogP contribution in [0.1, 0.15) is 34.9 Å². The van der Waals surface area contributed by atoms with E-state index in [9.17, 15) is 9.59 Å². The second-order valence-electron chi connectivity index (χ2n) is 6.39. The number of amides is 1. The fourth-order valence-electron chi connectivity index (χ4n) is 3.33. The number of carbonyl (C=O) groups excluding carboxylic acids is 1. The number of ether oxygens (including phenoxy) is 1. The molecule has 0 radical (unpaired) electrons. The number of aromatic nitrogens is 2. The fraction of sp³-hybridized carbons (Fsp3) is 0.421. The first-order valence-corrected chi connectivity index (χ1v) is 8.79. The highest BCUT2D eigenvalue weighted by Gasteiger charge is 2.26. The molecule has 1 N–H and O–H groups in total. The van der Waals surface area contributed by atoms with Crippen LogP contribution in [0.2, 0.25) is 0 Å². The highest BCUT2D eigenvalue weighted by Crippen LogP contribution is 2.31. The summed E-state index contributed by atoms with van der Waals surface area (Å²) in [5.41, 5.74) is 1.04. The first-order valence-electron chi connectivity index (χ1n) is 8.79. The minimum atomic E-state index is -0.292. The van der Waals surface area contributed by atoms with Crippen LogP contribution in [-0.2, 0) is 7.05 Å². The average Bonchev–Trinajstić information content (AvgIpc) is 3.19. The molecule has 3 rings (SSSR count). The lowest BCUT2D eigenvalue weighted by Crippen LogP contribution is -2.37. The zero-order valence-corrected chi connectivity index (χ0v) is 15.1. The number of likely N-dealkylation sites (tertiary alicyclic amines) is 1. The number of hydrogen-bond acceptors (Lipinski definition) is 5. The van der Waals surface area contributed by atoms with E-state index in [1.54, 1.807) is 7.11 Å². The zero-order chi connectivity index (χ0) is 18.5. The summed E-state index contributed by atoms with van der Waals surface area (Å²) in [5, 5.41) is 6.97. The molecule has 0 bridgehead atoms. The van der Waals surface area contributed by atoms with Crippen molar-refractivity contribution in [1.29, 1.82) is 0 Å². The quantitative estimate of drug-likeness (QED) is 0.846. The maximum atomic E-state index is 12.5. The molecule has 1 fully saturated rings. The van der Waals surface area contributed by atoms with Crippen molar-refractivity contribution < 1.29 is 9.53 Å². The van der Waals surface area contributed by atoms with Gasteiger partial charge in [0.25, 0.3) is 11.5 Å². The van der Waals surface area contributed by atoms with Crippen molar-refractivity contribution in [2.45, 2.75) is 18.9 Å². The average molecular weight is 356 g/mol. The van der Waals surface area contributed by atoms with Gasteiger partial charge in [0.15, 0.2) is 0 Å². The van der Waals surface area contributed by atoms with E-state index >= 15 is 0 Å². The molecule has 1 aliphatic rings. The first kappa shape index (κ1) is 18.1. The third kappa shape index (κ3) is 3.94. The van der Waals surface area contributed by atoms with Gasteiger partial charge in [-0.25, -0.2) is 4.68 Å². The predicted molar refractivity (Wildman–Crippen MR) is 98.4 cm³/mol. The van der Waals surface area contributed by atoms with Crippen molar-refractivity contribution in [3.8, 4) is 5.75 Å². The van der Waals surface area contributed by atoms with E-state index in [4.69, 9.17) is 4.74 Å². The Morgan fingerprint density at radius 2 is 1.96 bits per heavy atom. The number of para-hydroxylation sites is 1. The Morgan fingerprint density at radius 1 is 1.23 bits per heavy atom. The zero-order valence-electron chi connectivity index (χ0n) is 15.1. The molecule has 1 saturated heterocycles. The van der Waals surface area contributed by atoms with Crippen molar-refractivity contribution in [3.05, 3.63) is 58.0 Å². The van der Waals surface area contributed by atoms with Crippen molar-refractivity contribution in [3.63, 3.8) is 0 Å². The van der Waals surface area contributed by atoms with E-state index < -0.39 is 0 Å². The van der Waals surface area contributed by atoms with Crippen LogP contribution in [0.3, 0.4) is 0 Å². The summed E-state index contributed by atoms with van der Waals surface area (Å²) >= 11 is 0. The number of methoxy groups -OCH3 is 1. The van der Waals surface area contributed by atoms with Gasteiger partial charge in [0.2, 0.25) is 0 Å². The molecule has 1 amide bonds. The SMILES string of the molecule is COc1ccccc1C(CNC(=O)c1ccc(=O)n(C)n1)N1CCCC1. The fourth-order valence-corrected chi connectivity index (χ4v) is 3.33. The summed E-state index contributed by atoms with van der Waals surface area (Å²) in [5.74, 6) is 0.526. The van der Waals surface area contributed by atoms with Crippen molar-refractivity contribution in [2.75, 3.05) is 26.7 Å². The predicted octanol–water partition coefficient (Wildman–Crippen LogP) is 1.36. The Hall–Kier alpha value is -2.67. The monoisotopic (exact) mass is 356 g/mol. The Labute approximate surface area is 152 Å². The lowest BCUT2D eigenvalue weighted by molar-refractivity contribution is 0.0930. The summed E-state index contributed by atoms with van der Waals surface area (Å²) in [6.45, 7) is 2.44. The highest BCUT2D eigenvalue weighted by molar-refractivity contribution is 5.92. The summed E-state index contributed by atoms with van der Waals surface area (Å²) in [6.07, 6.45) is 2.31. The molecule has 2 heterocycles. The normalized spacial score (nSPS) is 15.6. The van der Waals surface area contributed by atoms with E-state index in [0.717, 1.165) is 41.9 Å². The van der Waals surface area contributed by atoms with Gasteiger partial charge in [-0.2, -0.15) is 5.10 Å². The molecule has 1 unspecified atom stereocenters. The van der Waals surface area contributed by atoms with E-state index in [1.165, 1.54) is 19.2 Å². The van der Waals surface area contributed by atoms with Crippen LogP contribution >= 0.6 is 0 Å². The molecular weight excluding hydrogens is 332 g/mol. The van der Waals surface area contributed by atoms with Crippen LogP contribution in [0.4, 0.5) is 0 Å². The van der Waals surface area contributed by atoms with Gasteiger partial charge in [-0.05, 0) is 38.1 Å². The maximum Gasteiger partial charge on any atom is 0.271 e. The van der Waals surface area contributed by atoms with Gasteiger partial charge in [0.1, 0.15) is 11.4 Å². The van der Waals surface area contributed by atoms with Crippen LogP contribution < -0.4 is 15.6 Å². The van der Waals surface area contributed by atoms with E-state index in [0.29, 0.717) is 6.54 Å². The Balaban J connectivity index is 1.78. The number of aryl methyl sites for hydroxylation is 1. The number of rotatable bonds is 6. The summed E-state index contributed by atoms with van der Waals surface area (Å²) < 4.78 is 6.68. The van der Waals surface area contributed by atoms with Crippen LogP contribution in [0.15, 0.2) is 41.2 Å². The maximum absolute atomic E-state index is 12.5. The van der Waals surface area contributed by atoms with Crippen molar-refractivity contribution in [1.82, 2.24) is 20.0 Å². The van der Waals surface area contributed by atoms with Gasteiger partial charge in [-0.1, -0.05) is 18.2 Å². The molecule has 138 valence electrons. The molecule has 0 saturated carbocycles. The second-order valence-corrected chi connectivity index (χ2v) is 6.39. The van der Waals surface area contributed by atoms with Crippen molar-refractivity contribution in [2.24, 2.45) is 7.05 Å². The summed E-state index contributed by atoms with van der Waals surface area (Å²) in [6, 6.07) is 10.7. The molecule has 2 aromatic rings. The van der Waals surface area contributed by atoms with Gasteiger partial charge in [-0.3, -0.25) is 14.5 Å². The third-order valence-corrected chi connectivity index (χ3v) is 4.73. The lowest BCUT2D eigenvalue weighted by Gasteiger charge is -2.29. The van der Waals surface area contributed by atoms with Crippen LogP contribution in [0, 0.1) is 0 Å². The van der Waals surface area contributed by atoms with E-state index in [-0.39, 0.29) is 23.2 Å². The van der Waals surface area contributed by atoms with Gasteiger partial charge in [-0.15, -0.1) is 0 Å². The molecule has 1 aliphatic heterocycles. The molecule has 0 aliphatic carbocycles. The topological polar surface area (TPSA) is 76.5 Å². The Kier molecular flexibility index (Phi) is 5.68. The van der Waals surface area contributed by atoms with Crippen molar-refractivity contribution >= 4 is 5.91 Å². The van der Waals surface area contributed by atoms with Gasteiger partial charge < -0.3 is 10.1 Å². The number of carbonyl (C=O) groups is 1. The number of hydrogen-bond donors (Lipinski definition) is 1. The Morgan fingerprint density at radius 3 is 2.65 bits per heavy atom. The minimum Gasteiger partial charge on any atom is -0.496 e. The van der Waals surface area contributed by atoms with Gasteiger partial charge in [0, 0.05) is 25.2 Å². The van der Waals surface area contributed by atoms with Crippen LogP contribution in [-0.4, -0.2) is 47.3 Å². The molecule has 26 heavy (non-hydrogen) atoms. The number of nitrogens with one attached hydrogen (secondary N) is 1. The molecule has 7 nitrogen and oxygen atoms in total. The third-order valence-electron chi connectivity index (χ3n) is 4.73. The molecule has 0 spiro atoms. The standard InChI is InChI=1S/C19H24N4O3/c1-22-18(24)10-9-15(21-22)19(25)20-13-16(23-11-5-6-12-23)14-7-3-4-8-17(14)26-2/h3-4,7-10,16H,5-6,11-13H2,1-2H3,(H,20,25). The smallest absolute Gasteiger partial charge is 0.271 e. The largest absolute Gasteiger partial charge is 0.496 e. The Bertz CT molecular complexity index is 828. The second kappa shape index (κ2) is 8.14. The summed E-state index contributed by atoms with van der Waals surface area (Å²) in [7, 11) is 3.19. The molecular formula is C19H24N4O3. The van der Waals surface area contributed by atoms with Gasteiger partial charge >= 0.3 is 0 Å². The number of benzene rings is 1. The number of nitrogens with zero attached hydrogens (tertiary/aromatic N) is 3. The highest BCUT2D eigenvalue weighted by atomic mass is 16.5. The molecule has 1 atom stereocenters. The molecule has 1 aromatic carbocycles. The molecule has 1 aromatic heterocycles. The first-order chi connectivity index (χ1) is 12.6. The van der Waals surface area contributed by atoms with Crippen LogP contribution in [0.25, 0.3) is 0 Å². The van der Waals surface area contributed by atoms with E-state index in [2.05, 4.69) is 15.3 Å². The lowest BCUT2D eigenvalue weighted by atomic mass is 10.0. The minimum absolute atomic E-state index is 0.0325. The van der Waals surface area contributed by atoms with E-state index in [1.807, 2.05) is 24.3 Å². The summed E-state index contributed by atoms with van der Waals surface area (Å²) in [4.78, 5) is 26.3.